The second-order valence-electron chi connectivity index (χ2n) is 5.93. The zero-order chi connectivity index (χ0) is 18.1. The van der Waals surface area contributed by atoms with Gasteiger partial charge in [0.25, 0.3) is 0 Å². The van der Waals surface area contributed by atoms with E-state index in [0.717, 1.165) is 50.0 Å². The van der Waals surface area contributed by atoms with Gasteiger partial charge >= 0.3 is 6.18 Å². The first-order valence-electron chi connectivity index (χ1n) is 8.60. The Morgan fingerprint density at radius 2 is 1.64 bits per heavy atom. The van der Waals surface area contributed by atoms with Crippen LogP contribution >= 0.6 is 0 Å². The van der Waals surface area contributed by atoms with Crippen LogP contribution in [-0.4, -0.2) is 13.1 Å². The third kappa shape index (κ3) is 6.42. The molecule has 0 fully saturated rings. The molecule has 2 rings (SSSR count). The van der Waals surface area contributed by atoms with Gasteiger partial charge in [-0.1, -0.05) is 43.7 Å². The van der Waals surface area contributed by atoms with Crippen LogP contribution in [0.5, 0.6) is 5.75 Å². The van der Waals surface area contributed by atoms with Gasteiger partial charge in [0.05, 0.1) is 5.56 Å². The number of rotatable bonds is 9. The van der Waals surface area contributed by atoms with Crippen molar-refractivity contribution in [1.29, 1.82) is 0 Å². The Morgan fingerprint density at radius 1 is 0.960 bits per heavy atom. The number of ether oxygens (including phenoxy) is 1. The van der Waals surface area contributed by atoms with E-state index in [2.05, 4.69) is 12.2 Å². The van der Waals surface area contributed by atoms with Gasteiger partial charge in [0.2, 0.25) is 0 Å². The summed E-state index contributed by atoms with van der Waals surface area (Å²) in [5.74, 6) is 0.440. The Kier molecular flexibility index (Phi) is 7.31. The summed E-state index contributed by atoms with van der Waals surface area (Å²) >= 11 is 0. The van der Waals surface area contributed by atoms with E-state index in [1.165, 1.54) is 12.1 Å². The largest absolute Gasteiger partial charge is 0.486 e. The Balaban J connectivity index is 2.02. The summed E-state index contributed by atoms with van der Waals surface area (Å²) in [4.78, 5) is 0. The highest BCUT2D eigenvalue weighted by Crippen LogP contribution is 2.31. The molecule has 2 aromatic rings. The van der Waals surface area contributed by atoms with Crippen molar-refractivity contribution in [2.24, 2.45) is 0 Å². The van der Waals surface area contributed by atoms with E-state index in [1.54, 1.807) is 0 Å². The molecule has 2 aromatic carbocycles. The topological polar surface area (TPSA) is 21.3 Å². The molecule has 0 saturated heterocycles. The van der Waals surface area contributed by atoms with Crippen LogP contribution in [0.4, 0.5) is 13.2 Å². The number of hydrogen-bond acceptors (Lipinski definition) is 2. The lowest BCUT2D eigenvalue weighted by Gasteiger charge is -2.20. The Morgan fingerprint density at radius 3 is 2.24 bits per heavy atom. The van der Waals surface area contributed by atoms with E-state index in [4.69, 9.17) is 4.74 Å². The molecule has 136 valence electrons. The normalized spacial score (nSPS) is 12.8. The molecule has 0 aromatic heterocycles. The van der Waals surface area contributed by atoms with Crippen molar-refractivity contribution in [2.75, 3.05) is 13.1 Å². The van der Waals surface area contributed by atoms with Crippen LogP contribution in [0.25, 0.3) is 0 Å². The summed E-state index contributed by atoms with van der Waals surface area (Å²) in [5.41, 5.74) is 0.344. The fourth-order valence-corrected chi connectivity index (χ4v) is 2.51. The number of benzene rings is 2. The highest BCUT2D eigenvalue weighted by molar-refractivity contribution is 5.30. The third-order valence-electron chi connectivity index (χ3n) is 3.92. The molecule has 2 nitrogen and oxygen atoms in total. The van der Waals surface area contributed by atoms with Crippen molar-refractivity contribution >= 4 is 0 Å². The number of unbranched alkanes of at least 4 members (excludes halogenated alkanes) is 1. The van der Waals surface area contributed by atoms with Crippen molar-refractivity contribution in [3.05, 3.63) is 65.7 Å². The summed E-state index contributed by atoms with van der Waals surface area (Å²) in [6.45, 7) is 3.89. The first kappa shape index (κ1) is 19.3. The van der Waals surface area contributed by atoms with Crippen molar-refractivity contribution in [3.8, 4) is 5.75 Å². The molecule has 0 spiro atoms. The first-order valence-corrected chi connectivity index (χ1v) is 8.60. The molecule has 5 heteroatoms. The minimum Gasteiger partial charge on any atom is -0.486 e. The molecule has 1 unspecified atom stereocenters. The van der Waals surface area contributed by atoms with Crippen LogP contribution in [0, 0.1) is 0 Å². The molecule has 0 aliphatic heterocycles. The maximum absolute atomic E-state index is 12.7. The van der Waals surface area contributed by atoms with Gasteiger partial charge in [-0.05, 0) is 49.3 Å². The van der Waals surface area contributed by atoms with Crippen LogP contribution in [-0.2, 0) is 6.18 Å². The molecule has 25 heavy (non-hydrogen) atoms. The molecule has 0 aliphatic rings. The van der Waals surface area contributed by atoms with Gasteiger partial charge < -0.3 is 10.1 Å². The van der Waals surface area contributed by atoms with E-state index >= 15 is 0 Å². The second kappa shape index (κ2) is 9.47. The lowest BCUT2D eigenvalue weighted by atomic mass is 10.1. The predicted molar refractivity (Wildman–Crippen MR) is 93.6 cm³/mol. The molecule has 1 N–H and O–H groups in total. The average molecular weight is 351 g/mol. The summed E-state index contributed by atoms with van der Waals surface area (Å²) in [6.07, 6.45) is -1.53. The van der Waals surface area contributed by atoms with Crippen molar-refractivity contribution in [1.82, 2.24) is 5.32 Å². The summed E-state index contributed by atoms with van der Waals surface area (Å²) in [5, 5.41) is 3.37. The predicted octanol–water partition coefficient (Wildman–Crippen LogP) is 5.61. The van der Waals surface area contributed by atoms with E-state index in [1.807, 2.05) is 30.3 Å². The van der Waals surface area contributed by atoms with Gasteiger partial charge in [-0.15, -0.1) is 0 Å². The van der Waals surface area contributed by atoms with Gasteiger partial charge in [0.15, 0.2) is 0 Å². The highest BCUT2D eigenvalue weighted by Gasteiger charge is 2.30. The third-order valence-corrected chi connectivity index (χ3v) is 3.92. The standard InChI is InChI=1S/C20H24F3NO/c1-2-3-14-24-15-13-19(16-7-5-4-6-8-16)25-18-11-9-17(10-12-18)20(21,22)23/h4-12,19,24H,2-3,13-15H2,1H3. The number of nitrogens with one attached hydrogen (secondary N) is 1. The zero-order valence-corrected chi connectivity index (χ0v) is 14.4. The monoisotopic (exact) mass is 351 g/mol. The van der Waals surface area contributed by atoms with Crippen molar-refractivity contribution < 1.29 is 17.9 Å². The SMILES string of the molecule is CCCCNCCC(Oc1ccc(C(F)(F)F)cc1)c1ccccc1. The molecular weight excluding hydrogens is 327 g/mol. The molecule has 1 atom stereocenters. The van der Waals surface area contributed by atoms with Crippen LogP contribution in [0.2, 0.25) is 0 Å². The number of halogens is 3. The quantitative estimate of drug-likeness (QED) is 0.593. The van der Waals surface area contributed by atoms with Crippen molar-refractivity contribution in [2.45, 2.75) is 38.5 Å². The van der Waals surface area contributed by atoms with Crippen LogP contribution < -0.4 is 10.1 Å². The lowest BCUT2D eigenvalue weighted by Crippen LogP contribution is -2.20. The summed E-state index contributed by atoms with van der Waals surface area (Å²) in [6, 6.07) is 14.6. The minimum absolute atomic E-state index is 0.202. The highest BCUT2D eigenvalue weighted by atomic mass is 19.4. The van der Waals surface area contributed by atoms with E-state index < -0.39 is 11.7 Å². The molecule has 0 aliphatic carbocycles. The number of alkyl halides is 3. The molecule has 0 heterocycles. The van der Waals surface area contributed by atoms with E-state index in [9.17, 15) is 13.2 Å². The smallest absolute Gasteiger partial charge is 0.416 e. The zero-order valence-electron chi connectivity index (χ0n) is 14.4. The van der Waals surface area contributed by atoms with Crippen LogP contribution in [0.15, 0.2) is 54.6 Å². The summed E-state index contributed by atoms with van der Waals surface area (Å²) < 4.78 is 44.0. The fourth-order valence-electron chi connectivity index (χ4n) is 2.51. The Labute approximate surface area is 147 Å². The van der Waals surface area contributed by atoms with Crippen LogP contribution in [0.3, 0.4) is 0 Å². The first-order chi connectivity index (χ1) is 12.0. The molecule has 0 amide bonds. The van der Waals surface area contributed by atoms with Gasteiger partial charge in [-0.25, -0.2) is 0 Å². The van der Waals surface area contributed by atoms with Gasteiger partial charge in [0, 0.05) is 6.42 Å². The molecule has 0 bridgehead atoms. The molecular formula is C20H24F3NO. The average Bonchev–Trinajstić information content (AvgIpc) is 2.61. The van der Waals surface area contributed by atoms with Gasteiger partial charge in [-0.3, -0.25) is 0 Å². The summed E-state index contributed by atoms with van der Waals surface area (Å²) in [7, 11) is 0. The lowest BCUT2D eigenvalue weighted by molar-refractivity contribution is -0.137. The maximum Gasteiger partial charge on any atom is 0.416 e. The second-order valence-corrected chi connectivity index (χ2v) is 5.93. The van der Waals surface area contributed by atoms with E-state index in [-0.39, 0.29) is 6.10 Å². The van der Waals surface area contributed by atoms with E-state index in [0.29, 0.717) is 5.75 Å². The molecule has 0 radical (unpaired) electrons. The Bertz CT molecular complexity index is 611. The Hall–Kier alpha value is -2.01. The number of hydrogen-bond donors (Lipinski definition) is 1. The maximum atomic E-state index is 12.7. The van der Waals surface area contributed by atoms with Gasteiger partial charge in [-0.2, -0.15) is 13.2 Å². The van der Waals surface area contributed by atoms with Gasteiger partial charge in [0.1, 0.15) is 11.9 Å². The van der Waals surface area contributed by atoms with Crippen molar-refractivity contribution in [3.63, 3.8) is 0 Å². The van der Waals surface area contributed by atoms with Crippen LogP contribution in [0.1, 0.15) is 43.4 Å². The fraction of sp³-hybridized carbons (Fsp3) is 0.400. The molecule has 0 saturated carbocycles. The minimum atomic E-state index is -4.33.